The highest BCUT2D eigenvalue weighted by Gasteiger charge is 2.14. The molecule has 1 N–H and O–H groups in total. The van der Waals surface area contributed by atoms with Crippen LogP contribution in [-0.2, 0) is 12.8 Å². The van der Waals surface area contributed by atoms with Gasteiger partial charge in [0.15, 0.2) is 0 Å². The Morgan fingerprint density at radius 2 is 1.71 bits per heavy atom. The van der Waals surface area contributed by atoms with Gasteiger partial charge in [0.05, 0.1) is 0 Å². The average molecular weight is 227 g/mol. The molecule has 1 aliphatic carbocycles. The van der Waals surface area contributed by atoms with Crippen molar-refractivity contribution in [2.75, 3.05) is 0 Å². The Bertz CT molecular complexity index is 548. The van der Waals surface area contributed by atoms with Gasteiger partial charge in [0.1, 0.15) is 0 Å². The standard InChI is InChI=1S/C16H21N/c1-11-9-12(2)16-13-7-5-3-4-6-8-14(13)17-15(16)10-11/h9-10,17H,3-8H2,1-2H3. The number of hydrogen-bond donors (Lipinski definition) is 1. The molecule has 2 aromatic rings. The van der Waals surface area contributed by atoms with Gasteiger partial charge in [-0.05, 0) is 62.3 Å². The van der Waals surface area contributed by atoms with E-state index in [2.05, 4.69) is 31.0 Å². The van der Waals surface area contributed by atoms with Crippen molar-refractivity contribution in [1.82, 2.24) is 4.98 Å². The van der Waals surface area contributed by atoms with Crippen molar-refractivity contribution in [2.24, 2.45) is 0 Å². The minimum absolute atomic E-state index is 1.24. The molecule has 0 saturated heterocycles. The van der Waals surface area contributed by atoms with Gasteiger partial charge in [-0.15, -0.1) is 0 Å². The van der Waals surface area contributed by atoms with Crippen LogP contribution in [0.25, 0.3) is 10.9 Å². The monoisotopic (exact) mass is 227 g/mol. The molecule has 1 aromatic carbocycles. The molecule has 0 radical (unpaired) electrons. The van der Waals surface area contributed by atoms with E-state index in [1.807, 2.05) is 0 Å². The normalized spacial score (nSPS) is 16.6. The minimum atomic E-state index is 1.24. The zero-order chi connectivity index (χ0) is 11.8. The van der Waals surface area contributed by atoms with Gasteiger partial charge >= 0.3 is 0 Å². The van der Waals surface area contributed by atoms with E-state index in [4.69, 9.17) is 0 Å². The summed E-state index contributed by atoms with van der Waals surface area (Å²) in [5.41, 5.74) is 7.28. The molecule has 1 aliphatic rings. The summed E-state index contributed by atoms with van der Waals surface area (Å²) in [6, 6.07) is 4.61. The summed E-state index contributed by atoms with van der Waals surface area (Å²) >= 11 is 0. The molecule has 1 nitrogen and oxygen atoms in total. The highest BCUT2D eigenvalue weighted by molar-refractivity contribution is 5.88. The first kappa shape index (κ1) is 10.9. The quantitative estimate of drug-likeness (QED) is 0.684. The van der Waals surface area contributed by atoms with E-state index in [-0.39, 0.29) is 0 Å². The first-order chi connectivity index (χ1) is 8.25. The smallest absolute Gasteiger partial charge is 0.0464 e. The fraction of sp³-hybridized carbons (Fsp3) is 0.500. The fourth-order valence-corrected chi connectivity index (χ4v) is 3.30. The largest absolute Gasteiger partial charge is 0.358 e. The first-order valence-corrected chi connectivity index (χ1v) is 6.86. The highest BCUT2D eigenvalue weighted by atomic mass is 14.7. The van der Waals surface area contributed by atoms with E-state index >= 15 is 0 Å². The highest BCUT2D eigenvalue weighted by Crippen LogP contribution is 2.30. The van der Waals surface area contributed by atoms with Crippen LogP contribution in [0.3, 0.4) is 0 Å². The van der Waals surface area contributed by atoms with Crippen molar-refractivity contribution in [2.45, 2.75) is 52.4 Å². The van der Waals surface area contributed by atoms with Crippen molar-refractivity contribution in [3.63, 3.8) is 0 Å². The summed E-state index contributed by atoms with van der Waals surface area (Å²) < 4.78 is 0. The van der Waals surface area contributed by atoms with Crippen LogP contribution in [0.15, 0.2) is 12.1 Å². The second-order valence-electron chi connectivity index (χ2n) is 5.50. The SMILES string of the molecule is Cc1cc(C)c2c3c([nH]c2c1)CCCCCC3. The Morgan fingerprint density at radius 1 is 0.941 bits per heavy atom. The van der Waals surface area contributed by atoms with Gasteiger partial charge in [-0.3, -0.25) is 0 Å². The molecule has 1 heteroatoms. The number of rotatable bonds is 0. The lowest BCUT2D eigenvalue weighted by Gasteiger charge is -2.10. The Morgan fingerprint density at radius 3 is 2.53 bits per heavy atom. The molecular formula is C16H21N. The Hall–Kier alpha value is -1.24. The van der Waals surface area contributed by atoms with Crippen molar-refractivity contribution in [1.29, 1.82) is 0 Å². The third-order valence-electron chi connectivity index (χ3n) is 4.04. The molecule has 3 rings (SSSR count). The Labute approximate surface area is 103 Å². The molecule has 0 saturated carbocycles. The van der Waals surface area contributed by atoms with Gasteiger partial charge in [0.25, 0.3) is 0 Å². The topological polar surface area (TPSA) is 15.8 Å². The van der Waals surface area contributed by atoms with E-state index in [0.717, 1.165) is 0 Å². The number of aryl methyl sites for hydroxylation is 4. The lowest BCUT2D eigenvalue weighted by Crippen LogP contribution is -1.98. The molecule has 0 bridgehead atoms. The zero-order valence-electron chi connectivity index (χ0n) is 10.9. The van der Waals surface area contributed by atoms with Gasteiger partial charge in [0.2, 0.25) is 0 Å². The van der Waals surface area contributed by atoms with E-state index in [1.54, 1.807) is 5.56 Å². The van der Waals surface area contributed by atoms with Gasteiger partial charge in [-0.1, -0.05) is 18.9 Å². The summed E-state index contributed by atoms with van der Waals surface area (Å²) in [7, 11) is 0. The summed E-state index contributed by atoms with van der Waals surface area (Å²) in [5, 5.41) is 1.51. The van der Waals surface area contributed by atoms with Crippen LogP contribution >= 0.6 is 0 Å². The number of fused-ring (bicyclic) bond motifs is 3. The number of H-pyrrole nitrogens is 1. The molecule has 1 heterocycles. The van der Waals surface area contributed by atoms with Gasteiger partial charge < -0.3 is 4.98 Å². The van der Waals surface area contributed by atoms with Crippen LogP contribution in [-0.4, -0.2) is 4.98 Å². The third kappa shape index (κ3) is 1.88. The molecular weight excluding hydrogens is 206 g/mol. The van der Waals surface area contributed by atoms with Crippen LogP contribution in [0.4, 0.5) is 0 Å². The summed E-state index contributed by atoms with van der Waals surface area (Å²) in [6.45, 7) is 4.44. The maximum absolute atomic E-state index is 3.67. The van der Waals surface area contributed by atoms with Crippen molar-refractivity contribution < 1.29 is 0 Å². The number of aromatic nitrogens is 1. The van der Waals surface area contributed by atoms with Crippen LogP contribution in [0, 0.1) is 13.8 Å². The second kappa shape index (κ2) is 4.21. The van der Waals surface area contributed by atoms with E-state index < -0.39 is 0 Å². The molecule has 90 valence electrons. The van der Waals surface area contributed by atoms with Gasteiger partial charge in [-0.2, -0.15) is 0 Å². The van der Waals surface area contributed by atoms with Crippen LogP contribution in [0.1, 0.15) is 48.1 Å². The average Bonchev–Trinajstić information content (AvgIpc) is 2.55. The minimum Gasteiger partial charge on any atom is -0.358 e. The third-order valence-corrected chi connectivity index (χ3v) is 4.04. The molecule has 1 aromatic heterocycles. The van der Waals surface area contributed by atoms with Crippen molar-refractivity contribution >= 4 is 10.9 Å². The Balaban J connectivity index is 2.22. The number of benzene rings is 1. The molecule has 0 unspecified atom stereocenters. The van der Waals surface area contributed by atoms with E-state index in [0.29, 0.717) is 0 Å². The summed E-state index contributed by atoms with van der Waals surface area (Å²) in [4.78, 5) is 3.67. The van der Waals surface area contributed by atoms with E-state index in [9.17, 15) is 0 Å². The van der Waals surface area contributed by atoms with E-state index in [1.165, 1.54) is 66.2 Å². The molecule has 0 aliphatic heterocycles. The molecule has 0 atom stereocenters. The summed E-state index contributed by atoms with van der Waals surface area (Å²) in [5.74, 6) is 0. The molecule has 0 fully saturated rings. The predicted molar refractivity (Wildman–Crippen MR) is 73.6 cm³/mol. The lowest BCUT2D eigenvalue weighted by atomic mass is 9.95. The zero-order valence-corrected chi connectivity index (χ0v) is 10.9. The number of nitrogens with one attached hydrogen (secondary N) is 1. The molecule has 0 amide bonds. The van der Waals surface area contributed by atoms with Gasteiger partial charge in [-0.25, -0.2) is 0 Å². The Kier molecular flexibility index (Phi) is 2.70. The van der Waals surface area contributed by atoms with Crippen LogP contribution in [0.5, 0.6) is 0 Å². The summed E-state index contributed by atoms with van der Waals surface area (Å²) in [6.07, 6.45) is 8.00. The number of hydrogen-bond acceptors (Lipinski definition) is 0. The molecule has 0 spiro atoms. The molecule has 17 heavy (non-hydrogen) atoms. The maximum Gasteiger partial charge on any atom is 0.0464 e. The van der Waals surface area contributed by atoms with Crippen LogP contribution in [0.2, 0.25) is 0 Å². The predicted octanol–water partition coefficient (Wildman–Crippen LogP) is 4.44. The van der Waals surface area contributed by atoms with Gasteiger partial charge in [0, 0.05) is 16.6 Å². The maximum atomic E-state index is 3.67. The van der Waals surface area contributed by atoms with Crippen molar-refractivity contribution in [3.05, 3.63) is 34.5 Å². The van der Waals surface area contributed by atoms with Crippen LogP contribution < -0.4 is 0 Å². The lowest BCUT2D eigenvalue weighted by molar-refractivity contribution is 0.614. The second-order valence-corrected chi connectivity index (χ2v) is 5.50. The number of aromatic amines is 1. The first-order valence-electron chi connectivity index (χ1n) is 6.86. The fourth-order valence-electron chi connectivity index (χ4n) is 3.30. The van der Waals surface area contributed by atoms with Crippen molar-refractivity contribution in [3.8, 4) is 0 Å².